The van der Waals surface area contributed by atoms with Crippen molar-refractivity contribution in [3.8, 4) is 5.75 Å². The first kappa shape index (κ1) is 19.9. The molecule has 1 saturated heterocycles. The van der Waals surface area contributed by atoms with Crippen LogP contribution in [0.5, 0.6) is 5.75 Å². The molecule has 1 amide bonds. The molecule has 7 heteroatoms. The first-order chi connectivity index (χ1) is 13.3. The van der Waals surface area contributed by atoms with E-state index >= 15 is 0 Å². The number of rotatable bonds is 6. The summed E-state index contributed by atoms with van der Waals surface area (Å²) in [5, 5.41) is 21.5. The van der Waals surface area contributed by atoms with E-state index in [0.29, 0.717) is 17.0 Å². The summed E-state index contributed by atoms with van der Waals surface area (Å²) in [6, 6.07) is 13.0. The molecule has 0 bridgehead atoms. The molecule has 1 heterocycles. The molecule has 2 aromatic rings. The molecule has 3 rings (SSSR count). The number of β-lactam (4-membered cyclic amide) rings is 1. The summed E-state index contributed by atoms with van der Waals surface area (Å²) in [5.74, 6) is -1.20. The Labute approximate surface area is 163 Å². The van der Waals surface area contributed by atoms with Crippen LogP contribution in [0.2, 0.25) is 0 Å². The molecule has 0 aromatic heterocycles. The van der Waals surface area contributed by atoms with Gasteiger partial charge in [-0.1, -0.05) is 29.8 Å². The highest BCUT2D eigenvalue weighted by Crippen LogP contribution is 2.48. The molecular formula is C21H23NO6. The minimum Gasteiger partial charge on any atom is -0.497 e. The molecule has 2 aromatic carbocycles. The first-order valence-corrected chi connectivity index (χ1v) is 8.96. The van der Waals surface area contributed by atoms with Crippen LogP contribution in [0, 0.1) is 6.92 Å². The average molecular weight is 385 g/mol. The number of amides is 1. The monoisotopic (exact) mass is 385 g/mol. The molecule has 3 atom stereocenters. The van der Waals surface area contributed by atoms with Gasteiger partial charge < -0.3 is 19.7 Å². The third-order valence-corrected chi connectivity index (χ3v) is 4.91. The Bertz CT molecular complexity index is 863. The smallest absolute Gasteiger partial charge is 0.338 e. The predicted octanol–water partition coefficient (Wildman–Crippen LogP) is 1.75. The highest BCUT2D eigenvalue weighted by atomic mass is 16.5. The normalized spacial score (nSPS) is 22.4. The number of aryl methyl sites for hydroxylation is 1. The highest BCUT2D eigenvalue weighted by molar-refractivity contribution is 6.11. The van der Waals surface area contributed by atoms with Gasteiger partial charge in [-0.15, -0.1) is 0 Å². The van der Waals surface area contributed by atoms with E-state index < -0.39 is 29.6 Å². The van der Waals surface area contributed by atoms with Crippen molar-refractivity contribution >= 4 is 17.6 Å². The molecule has 1 aliphatic rings. The van der Waals surface area contributed by atoms with Gasteiger partial charge in [0.1, 0.15) is 11.8 Å². The fraction of sp³-hybridized carbons (Fsp3) is 0.333. The van der Waals surface area contributed by atoms with E-state index in [-0.39, 0.29) is 6.61 Å². The van der Waals surface area contributed by atoms with Crippen LogP contribution < -0.4 is 9.64 Å². The third kappa shape index (κ3) is 3.12. The molecule has 0 unspecified atom stereocenters. The maximum absolute atomic E-state index is 12.9. The van der Waals surface area contributed by atoms with Crippen LogP contribution in [-0.2, 0) is 14.3 Å². The lowest BCUT2D eigenvalue weighted by atomic mass is 9.73. The predicted molar refractivity (Wildman–Crippen MR) is 102 cm³/mol. The number of esters is 1. The molecule has 28 heavy (non-hydrogen) atoms. The average Bonchev–Trinajstić information content (AvgIpc) is 2.71. The van der Waals surface area contributed by atoms with E-state index in [0.717, 1.165) is 5.56 Å². The zero-order chi connectivity index (χ0) is 20.5. The number of aliphatic hydroxyl groups excluding tert-OH is 1. The zero-order valence-electron chi connectivity index (χ0n) is 16.0. The lowest BCUT2D eigenvalue weighted by molar-refractivity contribution is -0.189. The van der Waals surface area contributed by atoms with E-state index in [1.807, 2.05) is 19.1 Å². The molecule has 0 spiro atoms. The van der Waals surface area contributed by atoms with Crippen LogP contribution in [0.25, 0.3) is 0 Å². The molecular weight excluding hydrogens is 362 g/mol. The Balaban J connectivity index is 2.03. The number of aliphatic hydroxyl groups is 2. The van der Waals surface area contributed by atoms with E-state index in [1.165, 1.54) is 12.0 Å². The summed E-state index contributed by atoms with van der Waals surface area (Å²) in [4.78, 5) is 26.3. The van der Waals surface area contributed by atoms with Crippen LogP contribution in [0.4, 0.5) is 5.69 Å². The standard InChI is InChI=1S/C21H23NO6/c1-4-28-19(24)18(23)21(26)17(14-7-5-13(2)6-8-14)22(20(21)25)15-9-11-16(27-3)12-10-15/h5-12,17-18,23,26H,4H2,1-3H3/t17-,18+,21-/m0/s1. The number of carbonyl (C=O) groups is 2. The Morgan fingerprint density at radius 3 is 2.32 bits per heavy atom. The summed E-state index contributed by atoms with van der Waals surface area (Å²) >= 11 is 0. The molecule has 7 nitrogen and oxygen atoms in total. The van der Waals surface area contributed by atoms with Crippen molar-refractivity contribution in [2.75, 3.05) is 18.6 Å². The van der Waals surface area contributed by atoms with Gasteiger partial charge in [0, 0.05) is 5.69 Å². The van der Waals surface area contributed by atoms with Gasteiger partial charge in [-0.05, 0) is 43.7 Å². The summed E-state index contributed by atoms with van der Waals surface area (Å²) in [7, 11) is 1.54. The second kappa shape index (κ2) is 7.61. The number of carbonyl (C=O) groups excluding carboxylic acids is 2. The van der Waals surface area contributed by atoms with Gasteiger partial charge in [0.25, 0.3) is 5.91 Å². The third-order valence-electron chi connectivity index (χ3n) is 4.91. The maximum Gasteiger partial charge on any atom is 0.338 e. The van der Waals surface area contributed by atoms with Gasteiger partial charge in [0.2, 0.25) is 5.60 Å². The SMILES string of the molecule is CCOC(=O)[C@@H](O)[C@]1(O)C(=O)N(c2ccc(OC)cc2)[C@H]1c1ccc(C)cc1. The topological polar surface area (TPSA) is 96.3 Å². The Morgan fingerprint density at radius 1 is 1.18 bits per heavy atom. The van der Waals surface area contributed by atoms with Gasteiger partial charge in [-0.3, -0.25) is 9.69 Å². The van der Waals surface area contributed by atoms with Crippen LogP contribution in [0.15, 0.2) is 48.5 Å². The molecule has 148 valence electrons. The molecule has 2 N–H and O–H groups in total. The number of methoxy groups -OCH3 is 1. The quantitative estimate of drug-likeness (QED) is 0.581. The fourth-order valence-corrected chi connectivity index (χ4v) is 3.39. The number of anilines is 1. The van der Waals surface area contributed by atoms with Crippen LogP contribution in [0.3, 0.4) is 0 Å². The lowest BCUT2D eigenvalue weighted by Crippen LogP contribution is -2.75. The van der Waals surface area contributed by atoms with Crippen molar-refractivity contribution in [2.45, 2.75) is 31.6 Å². The van der Waals surface area contributed by atoms with Crippen molar-refractivity contribution in [1.82, 2.24) is 0 Å². The Morgan fingerprint density at radius 2 is 1.79 bits per heavy atom. The van der Waals surface area contributed by atoms with Crippen LogP contribution in [-0.4, -0.2) is 47.5 Å². The summed E-state index contributed by atoms with van der Waals surface area (Å²) in [5.41, 5.74) is -0.217. The largest absolute Gasteiger partial charge is 0.497 e. The van der Waals surface area contributed by atoms with Gasteiger partial charge >= 0.3 is 5.97 Å². The van der Waals surface area contributed by atoms with E-state index in [2.05, 4.69) is 0 Å². The fourth-order valence-electron chi connectivity index (χ4n) is 3.39. The number of hydrogen-bond donors (Lipinski definition) is 2. The first-order valence-electron chi connectivity index (χ1n) is 8.96. The second-order valence-electron chi connectivity index (χ2n) is 6.67. The van der Waals surface area contributed by atoms with Gasteiger partial charge in [0.05, 0.1) is 13.7 Å². The molecule has 0 saturated carbocycles. The summed E-state index contributed by atoms with van der Waals surface area (Å²) in [6.45, 7) is 3.52. The molecule has 0 aliphatic carbocycles. The van der Waals surface area contributed by atoms with E-state index in [1.54, 1.807) is 43.3 Å². The minimum absolute atomic E-state index is 0.0254. The number of nitrogens with zero attached hydrogens (tertiary/aromatic N) is 1. The van der Waals surface area contributed by atoms with Crippen molar-refractivity contribution in [2.24, 2.45) is 0 Å². The Hall–Kier alpha value is -2.90. The van der Waals surface area contributed by atoms with E-state index in [4.69, 9.17) is 9.47 Å². The maximum atomic E-state index is 12.9. The number of benzene rings is 2. The lowest BCUT2D eigenvalue weighted by Gasteiger charge is -2.54. The second-order valence-corrected chi connectivity index (χ2v) is 6.67. The number of hydrogen-bond acceptors (Lipinski definition) is 6. The number of ether oxygens (including phenoxy) is 2. The summed E-state index contributed by atoms with van der Waals surface area (Å²) < 4.78 is 9.95. The van der Waals surface area contributed by atoms with Gasteiger partial charge in [0.15, 0.2) is 6.10 Å². The van der Waals surface area contributed by atoms with Gasteiger partial charge in [-0.25, -0.2) is 4.79 Å². The highest BCUT2D eigenvalue weighted by Gasteiger charge is 2.67. The Kier molecular flexibility index (Phi) is 5.40. The van der Waals surface area contributed by atoms with E-state index in [9.17, 15) is 19.8 Å². The van der Waals surface area contributed by atoms with Crippen molar-refractivity contribution in [3.63, 3.8) is 0 Å². The molecule has 1 fully saturated rings. The molecule has 1 aliphatic heterocycles. The molecule has 0 radical (unpaired) electrons. The van der Waals surface area contributed by atoms with Crippen LogP contribution in [0.1, 0.15) is 24.1 Å². The zero-order valence-corrected chi connectivity index (χ0v) is 16.0. The van der Waals surface area contributed by atoms with Crippen molar-refractivity contribution < 1.29 is 29.3 Å². The van der Waals surface area contributed by atoms with Gasteiger partial charge in [-0.2, -0.15) is 0 Å². The minimum atomic E-state index is -2.32. The van der Waals surface area contributed by atoms with Crippen LogP contribution >= 0.6 is 0 Å². The van der Waals surface area contributed by atoms with Crippen molar-refractivity contribution in [1.29, 1.82) is 0 Å². The summed E-state index contributed by atoms with van der Waals surface area (Å²) in [6.07, 6.45) is -2.00. The van der Waals surface area contributed by atoms with Crippen molar-refractivity contribution in [3.05, 3.63) is 59.7 Å².